The van der Waals surface area contributed by atoms with E-state index in [1.165, 1.54) is 16.0 Å². The number of hydrogen-bond acceptors (Lipinski definition) is 3. The Morgan fingerprint density at radius 1 is 1.16 bits per heavy atom. The van der Waals surface area contributed by atoms with Crippen LogP contribution in [0.4, 0.5) is 0 Å². The highest BCUT2D eigenvalue weighted by Crippen LogP contribution is 2.33. The molecule has 0 radical (unpaired) electrons. The van der Waals surface area contributed by atoms with Gasteiger partial charge in [0.2, 0.25) is 0 Å². The maximum absolute atomic E-state index is 5.72. The molecule has 1 atom stereocenters. The van der Waals surface area contributed by atoms with Crippen LogP contribution in [0.2, 0.25) is 0 Å². The van der Waals surface area contributed by atoms with E-state index in [0.717, 1.165) is 4.47 Å². The first-order chi connectivity index (χ1) is 8.93. The molecule has 2 rings (SSSR count). The Labute approximate surface area is 127 Å². The van der Waals surface area contributed by atoms with Crippen LogP contribution < -0.4 is 11.3 Å². The summed E-state index contributed by atoms with van der Waals surface area (Å²) in [6.45, 7) is 6.66. The van der Waals surface area contributed by atoms with Crippen molar-refractivity contribution in [2.45, 2.75) is 32.2 Å². The van der Waals surface area contributed by atoms with Gasteiger partial charge in [-0.25, -0.2) is 5.43 Å². The van der Waals surface area contributed by atoms with Crippen LogP contribution in [0, 0.1) is 0 Å². The lowest BCUT2D eigenvalue weighted by Gasteiger charge is -2.21. The van der Waals surface area contributed by atoms with Gasteiger partial charge in [0.1, 0.15) is 0 Å². The number of thiophene rings is 1. The summed E-state index contributed by atoms with van der Waals surface area (Å²) in [6, 6.07) is 10.7. The largest absolute Gasteiger partial charge is 0.271 e. The molecule has 2 aromatic rings. The van der Waals surface area contributed by atoms with E-state index in [1.54, 1.807) is 11.3 Å². The normalized spacial score (nSPS) is 13.5. The second kappa shape index (κ2) is 5.75. The van der Waals surface area contributed by atoms with E-state index < -0.39 is 0 Å². The molecule has 0 aliphatic heterocycles. The van der Waals surface area contributed by atoms with Crippen molar-refractivity contribution in [1.82, 2.24) is 5.43 Å². The highest BCUT2D eigenvalue weighted by molar-refractivity contribution is 9.10. The minimum Gasteiger partial charge on any atom is -0.271 e. The van der Waals surface area contributed by atoms with E-state index in [2.05, 4.69) is 71.8 Å². The minimum absolute atomic E-state index is 0.0309. The first-order valence-corrected chi connectivity index (χ1v) is 7.90. The third-order valence-corrected chi connectivity index (χ3v) is 5.12. The molecule has 1 unspecified atom stereocenters. The Kier molecular flexibility index (Phi) is 4.46. The van der Waals surface area contributed by atoms with Gasteiger partial charge in [0.15, 0.2) is 0 Å². The molecular formula is C15H19BrN2S. The average Bonchev–Trinajstić information content (AvgIpc) is 2.76. The van der Waals surface area contributed by atoms with Crippen molar-refractivity contribution in [1.29, 1.82) is 0 Å². The highest BCUT2D eigenvalue weighted by atomic mass is 79.9. The number of nitrogens with one attached hydrogen (secondary N) is 1. The summed E-state index contributed by atoms with van der Waals surface area (Å²) < 4.78 is 1.10. The number of nitrogens with two attached hydrogens (primary N) is 1. The predicted molar refractivity (Wildman–Crippen MR) is 86.3 cm³/mol. The first-order valence-electron chi connectivity index (χ1n) is 6.23. The smallest absolute Gasteiger partial charge is 0.0813 e. The van der Waals surface area contributed by atoms with Gasteiger partial charge >= 0.3 is 0 Å². The van der Waals surface area contributed by atoms with Crippen LogP contribution >= 0.6 is 27.3 Å². The van der Waals surface area contributed by atoms with Gasteiger partial charge in [0.25, 0.3) is 0 Å². The molecule has 1 aromatic carbocycles. The molecule has 4 heteroatoms. The minimum atomic E-state index is 0.0309. The molecule has 1 heterocycles. The third kappa shape index (κ3) is 3.26. The summed E-state index contributed by atoms with van der Waals surface area (Å²) in [6.07, 6.45) is 0. The summed E-state index contributed by atoms with van der Waals surface area (Å²) in [7, 11) is 0. The fraction of sp³-hybridized carbons (Fsp3) is 0.333. The monoisotopic (exact) mass is 338 g/mol. The van der Waals surface area contributed by atoms with Gasteiger partial charge in [-0.15, -0.1) is 11.3 Å². The van der Waals surface area contributed by atoms with E-state index in [1.807, 2.05) is 6.07 Å². The Morgan fingerprint density at radius 3 is 2.21 bits per heavy atom. The Balaban J connectivity index is 2.33. The SMILES string of the molecule is CC(C)(C)c1ccc(C(NN)c2sccc2Br)cc1. The van der Waals surface area contributed by atoms with Gasteiger partial charge in [-0.1, -0.05) is 45.0 Å². The number of halogens is 1. The fourth-order valence-corrected chi connectivity index (χ4v) is 3.70. The van der Waals surface area contributed by atoms with Gasteiger partial charge in [-0.3, -0.25) is 5.84 Å². The standard InChI is InChI=1S/C15H19BrN2S/c1-15(2,3)11-6-4-10(5-7-11)13(18-17)14-12(16)8-9-19-14/h4-9,13,18H,17H2,1-3H3. The zero-order valence-corrected chi connectivity index (χ0v) is 13.8. The van der Waals surface area contributed by atoms with E-state index in [4.69, 9.17) is 5.84 Å². The third-order valence-electron chi connectivity index (χ3n) is 3.18. The van der Waals surface area contributed by atoms with Crippen LogP contribution in [-0.4, -0.2) is 0 Å². The van der Waals surface area contributed by atoms with Crippen LogP contribution in [-0.2, 0) is 5.41 Å². The van der Waals surface area contributed by atoms with Crippen molar-refractivity contribution >= 4 is 27.3 Å². The van der Waals surface area contributed by atoms with Gasteiger partial charge in [-0.2, -0.15) is 0 Å². The second-order valence-corrected chi connectivity index (χ2v) is 7.41. The van der Waals surface area contributed by atoms with E-state index in [0.29, 0.717) is 0 Å². The lowest BCUT2D eigenvalue weighted by atomic mass is 9.86. The van der Waals surface area contributed by atoms with Crippen LogP contribution in [0.3, 0.4) is 0 Å². The molecule has 0 aliphatic carbocycles. The molecule has 3 N–H and O–H groups in total. The van der Waals surface area contributed by atoms with Crippen molar-refractivity contribution in [3.63, 3.8) is 0 Å². The topological polar surface area (TPSA) is 38.0 Å². The molecule has 0 spiro atoms. The van der Waals surface area contributed by atoms with Crippen molar-refractivity contribution in [3.8, 4) is 0 Å². The number of hydrazine groups is 1. The highest BCUT2D eigenvalue weighted by Gasteiger charge is 2.18. The van der Waals surface area contributed by atoms with Crippen LogP contribution in [0.15, 0.2) is 40.2 Å². The quantitative estimate of drug-likeness (QED) is 0.644. The zero-order chi connectivity index (χ0) is 14.0. The Hall–Kier alpha value is -0.680. The lowest BCUT2D eigenvalue weighted by Crippen LogP contribution is -2.28. The van der Waals surface area contributed by atoms with E-state index in [-0.39, 0.29) is 11.5 Å². The maximum atomic E-state index is 5.72. The maximum Gasteiger partial charge on any atom is 0.0813 e. The molecule has 0 amide bonds. The summed E-state index contributed by atoms with van der Waals surface area (Å²) in [5, 5.41) is 2.06. The van der Waals surface area contributed by atoms with E-state index in [9.17, 15) is 0 Å². The van der Waals surface area contributed by atoms with Crippen molar-refractivity contribution in [2.75, 3.05) is 0 Å². The van der Waals surface area contributed by atoms with Crippen molar-refractivity contribution in [2.24, 2.45) is 5.84 Å². The van der Waals surface area contributed by atoms with Crippen LogP contribution in [0.25, 0.3) is 0 Å². The molecule has 0 bridgehead atoms. The van der Waals surface area contributed by atoms with E-state index >= 15 is 0 Å². The molecule has 0 fully saturated rings. The fourth-order valence-electron chi connectivity index (χ4n) is 2.01. The number of hydrogen-bond donors (Lipinski definition) is 2. The molecule has 19 heavy (non-hydrogen) atoms. The predicted octanol–water partition coefficient (Wildman–Crippen LogP) is 4.36. The molecule has 102 valence electrons. The molecule has 1 aromatic heterocycles. The summed E-state index contributed by atoms with van der Waals surface area (Å²) in [5.41, 5.74) is 5.58. The summed E-state index contributed by atoms with van der Waals surface area (Å²) in [4.78, 5) is 1.20. The van der Waals surface area contributed by atoms with Gasteiger partial charge in [0, 0.05) is 9.35 Å². The summed E-state index contributed by atoms with van der Waals surface area (Å²) in [5.74, 6) is 5.72. The number of benzene rings is 1. The van der Waals surface area contributed by atoms with Crippen molar-refractivity contribution < 1.29 is 0 Å². The lowest BCUT2D eigenvalue weighted by molar-refractivity contribution is 0.588. The molecular weight excluding hydrogens is 320 g/mol. The zero-order valence-electron chi connectivity index (χ0n) is 11.4. The Bertz CT molecular complexity index is 540. The number of rotatable bonds is 3. The molecule has 0 saturated heterocycles. The van der Waals surface area contributed by atoms with Crippen LogP contribution in [0.1, 0.15) is 42.8 Å². The van der Waals surface area contributed by atoms with Gasteiger partial charge in [-0.05, 0) is 43.9 Å². The second-order valence-electron chi connectivity index (χ2n) is 5.60. The molecule has 2 nitrogen and oxygen atoms in total. The van der Waals surface area contributed by atoms with Crippen molar-refractivity contribution in [3.05, 3.63) is 56.2 Å². The molecule has 0 aliphatic rings. The average molecular weight is 339 g/mol. The molecule has 0 saturated carbocycles. The van der Waals surface area contributed by atoms with Gasteiger partial charge < -0.3 is 0 Å². The summed E-state index contributed by atoms with van der Waals surface area (Å²) >= 11 is 5.26. The van der Waals surface area contributed by atoms with Crippen LogP contribution in [0.5, 0.6) is 0 Å². The Morgan fingerprint density at radius 2 is 1.79 bits per heavy atom. The first kappa shape index (κ1) is 14.7. The van der Waals surface area contributed by atoms with Gasteiger partial charge in [0.05, 0.1) is 6.04 Å².